The molecule has 1 aromatic rings. The topological polar surface area (TPSA) is 72.9 Å². The van der Waals surface area contributed by atoms with Gasteiger partial charge in [0.2, 0.25) is 0 Å². The molecule has 1 aliphatic heterocycles. The van der Waals surface area contributed by atoms with Crippen molar-refractivity contribution >= 4 is 30.3 Å². The lowest BCUT2D eigenvalue weighted by Crippen LogP contribution is -2.47. The zero-order valence-corrected chi connectivity index (χ0v) is 13.7. The van der Waals surface area contributed by atoms with E-state index < -0.39 is 18.0 Å². The molecule has 0 aliphatic carbocycles. The SMILES string of the molecule is CCOC(=O)C1CN(C(=O)OCc2ccccc2)CCC1=O.Cl. The summed E-state index contributed by atoms with van der Waals surface area (Å²) in [6.45, 7) is 2.33. The van der Waals surface area contributed by atoms with E-state index in [1.165, 1.54) is 4.90 Å². The van der Waals surface area contributed by atoms with Crippen LogP contribution < -0.4 is 0 Å². The maximum absolute atomic E-state index is 12.0. The molecule has 0 aromatic heterocycles. The van der Waals surface area contributed by atoms with E-state index >= 15 is 0 Å². The molecule has 6 nitrogen and oxygen atoms in total. The molecule has 126 valence electrons. The monoisotopic (exact) mass is 341 g/mol. The van der Waals surface area contributed by atoms with Crippen LogP contribution in [-0.4, -0.2) is 42.4 Å². The summed E-state index contributed by atoms with van der Waals surface area (Å²) in [7, 11) is 0. The Morgan fingerprint density at radius 3 is 2.57 bits per heavy atom. The fraction of sp³-hybridized carbons (Fsp3) is 0.438. The molecule has 1 heterocycles. The molecule has 0 bridgehead atoms. The van der Waals surface area contributed by atoms with Gasteiger partial charge < -0.3 is 14.4 Å². The fourth-order valence-electron chi connectivity index (χ4n) is 2.26. The van der Waals surface area contributed by atoms with E-state index in [1.54, 1.807) is 6.92 Å². The van der Waals surface area contributed by atoms with Crippen molar-refractivity contribution in [2.24, 2.45) is 5.92 Å². The molecule has 7 heteroatoms. The van der Waals surface area contributed by atoms with Gasteiger partial charge in [0.25, 0.3) is 0 Å². The Labute approximate surface area is 141 Å². The second kappa shape index (κ2) is 9.15. The van der Waals surface area contributed by atoms with Crippen LogP contribution in [0.15, 0.2) is 30.3 Å². The van der Waals surface area contributed by atoms with Crippen LogP contribution in [0.4, 0.5) is 4.79 Å². The van der Waals surface area contributed by atoms with Crippen LogP contribution in [0.2, 0.25) is 0 Å². The molecule has 1 aromatic carbocycles. The zero-order valence-electron chi connectivity index (χ0n) is 12.9. The van der Waals surface area contributed by atoms with Crippen LogP contribution in [0.3, 0.4) is 0 Å². The highest BCUT2D eigenvalue weighted by molar-refractivity contribution is 6.00. The Kier molecular flexibility index (Phi) is 7.54. The number of hydrogen-bond acceptors (Lipinski definition) is 5. The molecule has 1 saturated heterocycles. The Morgan fingerprint density at radius 2 is 1.91 bits per heavy atom. The molecule has 1 atom stereocenters. The van der Waals surface area contributed by atoms with Gasteiger partial charge in [0.05, 0.1) is 6.61 Å². The number of piperidine rings is 1. The van der Waals surface area contributed by atoms with Gasteiger partial charge in [-0.1, -0.05) is 30.3 Å². The van der Waals surface area contributed by atoms with Crippen molar-refractivity contribution in [2.75, 3.05) is 19.7 Å². The van der Waals surface area contributed by atoms with Crippen molar-refractivity contribution in [2.45, 2.75) is 20.0 Å². The number of nitrogens with zero attached hydrogens (tertiary/aromatic N) is 1. The largest absolute Gasteiger partial charge is 0.465 e. The molecular formula is C16H20ClNO5. The second-order valence-electron chi connectivity index (χ2n) is 5.01. The molecule has 0 saturated carbocycles. The summed E-state index contributed by atoms with van der Waals surface area (Å²) in [5, 5.41) is 0. The molecule has 0 spiro atoms. The molecule has 1 amide bonds. The minimum absolute atomic E-state index is 0. The number of Topliss-reactive ketones (excluding diaryl/α,β-unsaturated/α-hetero) is 1. The number of hydrogen-bond donors (Lipinski definition) is 0. The lowest BCUT2D eigenvalue weighted by molar-refractivity contribution is -0.153. The summed E-state index contributed by atoms with van der Waals surface area (Å²) in [6, 6.07) is 9.31. The number of rotatable bonds is 4. The highest BCUT2D eigenvalue weighted by atomic mass is 35.5. The summed E-state index contributed by atoms with van der Waals surface area (Å²) < 4.78 is 10.1. The number of likely N-dealkylation sites (tertiary alicyclic amines) is 1. The highest BCUT2D eigenvalue weighted by Gasteiger charge is 2.36. The summed E-state index contributed by atoms with van der Waals surface area (Å²) in [4.78, 5) is 36.9. The molecule has 0 N–H and O–H groups in total. The normalized spacial score (nSPS) is 17.2. The smallest absolute Gasteiger partial charge is 0.410 e. The van der Waals surface area contributed by atoms with Gasteiger partial charge >= 0.3 is 12.1 Å². The first-order valence-corrected chi connectivity index (χ1v) is 7.26. The lowest BCUT2D eigenvalue weighted by atomic mass is 9.97. The standard InChI is InChI=1S/C16H19NO5.ClH/c1-2-21-15(19)13-10-17(9-8-14(13)18)16(20)22-11-12-6-4-3-5-7-12;/h3-7,13H,2,8-11H2,1H3;1H. The number of ether oxygens (including phenoxy) is 2. The minimum atomic E-state index is -0.905. The summed E-state index contributed by atoms with van der Waals surface area (Å²) >= 11 is 0. The molecule has 1 fully saturated rings. The van der Waals surface area contributed by atoms with Gasteiger partial charge in [-0.25, -0.2) is 4.79 Å². The highest BCUT2D eigenvalue weighted by Crippen LogP contribution is 2.16. The van der Waals surface area contributed by atoms with Crippen LogP contribution in [0.1, 0.15) is 18.9 Å². The third-order valence-corrected chi connectivity index (χ3v) is 3.45. The van der Waals surface area contributed by atoms with Crippen LogP contribution in [0.5, 0.6) is 0 Å². The van der Waals surface area contributed by atoms with Gasteiger partial charge in [0, 0.05) is 19.5 Å². The van der Waals surface area contributed by atoms with Crippen molar-refractivity contribution in [3.63, 3.8) is 0 Å². The van der Waals surface area contributed by atoms with E-state index in [1.807, 2.05) is 30.3 Å². The molecular weight excluding hydrogens is 322 g/mol. The Bertz CT molecular complexity index is 549. The van der Waals surface area contributed by atoms with Crippen molar-refractivity contribution < 1.29 is 23.9 Å². The average molecular weight is 342 g/mol. The van der Waals surface area contributed by atoms with Crippen molar-refractivity contribution in [1.82, 2.24) is 4.90 Å². The van der Waals surface area contributed by atoms with Gasteiger partial charge in [0.15, 0.2) is 5.78 Å². The van der Waals surface area contributed by atoms with Crippen LogP contribution in [0, 0.1) is 5.92 Å². The number of carbonyl (C=O) groups is 3. The number of carbonyl (C=O) groups excluding carboxylic acids is 3. The predicted molar refractivity (Wildman–Crippen MR) is 85.2 cm³/mol. The van der Waals surface area contributed by atoms with E-state index in [-0.39, 0.29) is 50.9 Å². The van der Waals surface area contributed by atoms with E-state index in [2.05, 4.69) is 0 Å². The first-order chi connectivity index (χ1) is 10.6. The third-order valence-electron chi connectivity index (χ3n) is 3.45. The van der Waals surface area contributed by atoms with Gasteiger partial charge in [-0.2, -0.15) is 0 Å². The van der Waals surface area contributed by atoms with Crippen LogP contribution in [-0.2, 0) is 25.7 Å². The van der Waals surface area contributed by atoms with E-state index in [9.17, 15) is 14.4 Å². The third kappa shape index (κ3) is 5.25. The van der Waals surface area contributed by atoms with Gasteiger partial charge in [0.1, 0.15) is 12.5 Å². The van der Waals surface area contributed by atoms with E-state index in [4.69, 9.17) is 9.47 Å². The van der Waals surface area contributed by atoms with Gasteiger partial charge in [-0.05, 0) is 12.5 Å². The Hall–Kier alpha value is -2.08. The van der Waals surface area contributed by atoms with Crippen LogP contribution >= 0.6 is 12.4 Å². The van der Waals surface area contributed by atoms with Gasteiger partial charge in [-0.3, -0.25) is 9.59 Å². The predicted octanol–water partition coefficient (Wildman–Crippen LogP) is 2.20. The maximum atomic E-state index is 12.0. The Morgan fingerprint density at radius 1 is 1.22 bits per heavy atom. The first kappa shape index (κ1) is 19.0. The number of amides is 1. The number of ketones is 1. The van der Waals surface area contributed by atoms with Crippen molar-refractivity contribution in [1.29, 1.82) is 0 Å². The maximum Gasteiger partial charge on any atom is 0.410 e. The molecule has 1 aliphatic rings. The number of esters is 1. The van der Waals surface area contributed by atoms with Crippen molar-refractivity contribution in [3.05, 3.63) is 35.9 Å². The summed E-state index contributed by atoms with van der Waals surface area (Å²) in [6.07, 6.45) is -0.380. The average Bonchev–Trinajstić information content (AvgIpc) is 2.54. The molecule has 2 rings (SSSR count). The second-order valence-corrected chi connectivity index (χ2v) is 5.01. The number of benzene rings is 1. The summed E-state index contributed by atoms with van der Waals surface area (Å²) in [5.41, 5.74) is 0.880. The lowest BCUT2D eigenvalue weighted by Gasteiger charge is -2.29. The summed E-state index contributed by atoms with van der Waals surface area (Å²) in [5.74, 6) is -1.67. The fourth-order valence-corrected chi connectivity index (χ4v) is 2.26. The zero-order chi connectivity index (χ0) is 15.9. The Balaban J connectivity index is 0.00000264. The van der Waals surface area contributed by atoms with Gasteiger partial charge in [-0.15, -0.1) is 12.4 Å². The molecule has 0 radical (unpaired) electrons. The quantitative estimate of drug-likeness (QED) is 0.620. The van der Waals surface area contributed by atoms with Crippen LogP contribution in [0.25, 0.3) is 0 Å². The van der Waals surface area contributed by atoms with Crippen molar-refractivity contribution in [3.8, 4) is 0 Å². The first-order valence-electron chi connectivity index (χ1n) is 7.26. The molecule has 1 unspecified atom stereocenters. The molecule has 23 heavy (non-hydrogen) atoms. The number of halogens is 1. The minimum Gasteiger partial charge on any atom is -0.465 e. The van der Waals surface area contributed by atoms with E-state index in [0.717, 1.165) is 5.56 Å². The van der Waals surface area contributed by atoms with E-state index in [0.29, 0.717) is 0 Å².